The van der Waals surface area contributed by atoms with Crippen LogP contribution in [0.4, 0.5) is 0 Å². The highest BCUT2D eigenvalue weighted by Crippen LogP contribution is 2.40. The molecule has 2 aliphatic rings. The molecule has 3 atom stereocenters. The molecule has 3 heteroatoms. The largest absolute Gasteiger partial charge is 0.384 e. The van der Waals surface area contributed by atoms with Crippen LogP contribution < -0.4 is 5.73 Å². The lowest BCUT2D eigenvalue weighted by Gasteiger charge is -2.52. The van der Waals surface area contributed by atoms with Gasteiger partial charge in [-0.05, 0) is 56.4 Å². The lowest BCUT2D eigenvalue weighted by molar-refractivity contribution is -0.0202. The Labute approximate surface area is 118 Å². The third kappa shape index (κ3) is 3.50. The van der Waals surface area contributed by atoms with Crippen molar-refractivity contribution in [3.63, 3.8) is 0 Å². The number of hydrogen-bond donors (Lipinski definition) is 1. The van der Waals surface area contributed by atoms with E-state index in [-0.39, 0.29) is 5.54 Å². The SMILES string of the molecule is COCC1CCCN(C2(CN)CC(C)CC(C)C2)C1. The number of ether oxygens (including phenoxy) is 1. The average molecular weight is 268 g/mol. The average Bonchev–Trinajstić information content (AvgIpc) is 2.38. The topological polar surface area (TPSA) is 38.5 Å². The third-order valence-electron chi connectivity index (χ3n) is 5.23. The molecule has 0 bridgehead atoms. The molecule has 1 saturated heterocycles. The van der Waals surface area contributed by atoms with Gasteiger partial charge in [0, 0.05) is 25.7 Å². The van der Waals surface area contributed by atoms with Gasteiger partial charge in [0.2, 0.25) is 0 Å². The Balaban J connectivity index is 2.07. The van der Waals surface area contributed by atoms with Crippen LogP contribution in [-0.4, -0.2) is 43.8 Å². The van der Waals surface area contributed by atoms with Gasteiger partial charge in [-0.25, -0.2) is 0 Å². The Hall–Kier alpha value is -0.120. The number of likely N-dealkylation sites (tertiary alicyclic amines) is 1. The van der Waals surface area contributed by atoms with Crippen molar-refractivity contribution in [1.82, 2.24) is 4.90 Å². The molecule has 1 saturated carbocycles. The highest BCUT2D eigenvalue weighted by atomic mass is 16.5. The van der Waals surface area contributed by atoms with Gasteiger partial charge in [-0.1, -0.05) is 13.8 Å². The molecule has 1 heterocycles. The van der Waals surface area contributed by atoms with Crippen molar-refractivity contribution in [2.24, 2.45) is 23.5 Å². The van der Waals surface area contributed by atoms with Crippen LogP contribution in [0.15, 0.2) is 0 Å². The van der Waals surface area contributed by atoms with Crippen molar-refractivity contribution in [3.8, 4) is 0 Å². The number of methoxy groups -OCH3 is 1. The summed E-state index contributed by atoms with van der Waals surface area (Å²) in [7, 11) is 1.82. The monoisotopic (exact) mass is 268 g/mol. The van der Waals surface area contributed by atoms with Crippen molar-refractivity contribution in [2.45, 2.75) is 51.5 Å². The highest BCUT2D eigenvalue weighted by molar-refractivity contribution is 4.99. The number of hydrogen-bond acceptors (Lipinski definition) is 3. The molecule has 2 fully saturated rings. The van der Waals surface area contributed by atoms with Gasteiger partial charge >= 0.3 is 0 Å². The van der Waals surface area contributed by atoms with E-state index in [4.69, 9.17) is 10.5 Å². The Kier molecular flexibility index (Phi) is 5.27. The second-order valence-corrected chi connectivity index (χ2v) is 7.19. The first kappa shape index (κ1) is 15.3. The molecule has 0 spiro atoms. The predicted octanol–water partition coefficient (Wildman–Crippen LogP) is 2.50. The maximum Gasteiger partial charge on any atom is 0.0502 e. The summed E-state index contributed by atoms with van der Waals surface area (Å²) in [5.41, 5.74) is 6.51. The lowest BCUT2D eigenvalue weighted by atomic mass is 9.70. The molecule has 0 aromatic rings. The van der Waals surface area contributed by atoms with Gasteiger partial charge < -0.3 is 10.5 Å². The van der Waals surface area contributed by atoms with Crippen molar-refractivity contribution < 1.29 is 4.74 Å². The number of rotatable bonds is 4. The van der Waals surface area contributed by atoms with Crippen molar-refractivity contribution in [3.05, 3.63) is 0 Å². The highest BCUT2D eigenvalue weighted by Gasteiger charge is 2.42. The summed E-state index contributed by atoms with van der Waals surface area (Å²) in [6.45, 7) is 8.94. The van der Waals surface area contributed by atoms with Crippen molar-refractivity contribution in [2.75, 3.05) is 33.4 Å². The summed E-state index contributed by atoms with van der Waals surface area (Å²) in [5, 5.41) is 0. The zero-order valence-electron chi connectivity index (χ0n) is 13.0. The standard InChI is InChI=1S/C16H32N2O/c1-13-7-14(2)9-16(8-13,12-17)18-6-4-5-15(10-18)11-19-3/h13-15H,4-12,17H2,1-3H3. The maximum atomic E-state index is 6.24. The summed E-state index contributed by atoms with van der Waals surface area (Å²) >= 11 is 0. The van der Waals surface area contributed by atoms with E-state index in [2.05, 4.69) is 18.7 Å². The molecule has 112 valence electrons. The fourth-order valence-corrected chi connectivity index (χ4v) is 4.66. The first-order valence-corrected chi connectivity index (χ1v) is 8.03. The normalized spacial score (nSPS) is 41.4. The first-order valence-electron chi connectivity index (χ1n) is 8.03. The van der Waals surface area contributed by atoms with Crippen LogP contribution in [-0.2, 0) is 4.74 Å². The number of piperidine rings is 1. The van der Waals surface area contributed by atoms with Crippen LogP contribution in [0.5, 0.6) is 0 Å². The van der Waals surface area contributed by atoms with E-state index in [0.717, 1.165) is 25.0 Å². The molecular weight excluding hydrogens is 236 g/mol. The molecule has 0 aromatic heterocycles. The van der Waals surface area contributed by atoms with Crippen molar-refractivity contribution >= 4 is 0 Å². The van der Waals surface area contributed by atoms with Crippen LogP contribution in [0.2, 0.25) is 0 Å². The van der Waals surface area contributed by atoms with Gasteiger partial charge in [0.05, 0.1) is 6.61 Å². The number of nitrogens with two attached hydrogens (primary N) is 1. The minimum atomic E-state index is 0.267. The minimum Gasteiger partial charge on any atom is -0.384 e. The van der Waals surface area contributed by atoms with E-state index >= 15 is 0 Å². The van der Waals surface area contributed by atoms with Crippen LogP contribution in [0.25, 0.3) is 0 Å². The predicted molar refractivity (Wildman–Crippen MR) is 80.1 cm³/mol. The molecule has 19 heavy (non-hydrogen) atoms. The molecule has 0 radical (unpaired) electrons. The molecule has 3 unspecified atom stereocenters. The molecule has 3 nitrogen and oxygen atoms in total. The Morgan fingerprint density at radius 2 is 1.95 bits per heavy atom. The summed E-state index contributed by atoms with van der Waals surface area (Å²) in [6, 6.07) is 0. The van der Waals surface area contributed by atoms with Crippen LogP contribution in [0.1, 0.15) is 46.0 Å². The molecule has 1 aliphatic heterocycles. The molecule has 2 rings (SSSR count). The molecule has 0 amide bonds. The fraction of sp³-hybridized carbons (Fsp3) is 1.00. The Morgan fingerprint density at radius 3 is 2.53 bits per heavy atom. The van der Waals surface area contributed by atoms with Gasteiger partial charge in [0.15, 0.2) is 0 Å². The van der Waals surface area contributed by atoms with E-state index in [1.165, 1.54) is 45.2 Å². The zero-order chi connectivity index (χ0) is 13.9. The van der Waals surface area contributed by atoms with E-state index in [1.807, 2.05) is 7.11 Å². The second kappa shape index (κ2) is 6.55. The smallest absolute Gasteiger partial charge is 0.0502 e. The Morgan fingerprint density at radius 1 is 1.26 bits per heavy atom. The van der Waals surface area contributed by atoms with Crippen LogP contribution in [0, 0.1) is 17.8 Å². The van der Waals surface area contributed by atoms with Crippen LogP contribution >= 0.6 is 0 Å². The second-order valence-electron chi connectivity index (χ2n) is 7.19. The molecule has 0 aromatic carbocycles. The summed E-state index contributed by atoms with van der Waals surface area (Å²) in [5.74, 6) is 2.33. The van der Waals surface area contributed by atoms with E-state index in [9.17, 15) is 0 Å². The van der Waals surface area contributed by atoms with Gasteiger partial charge in [-0.3, -0.25) is 4.90 Å². The quantitative estimate of drug-likeness (QED) is 0.851. The molecule has 1 aliphatic carbocycles. The van der Waals surface area contributed by atoms with Gasteiger partial charge in [0.1, 0.15) is 0 Å². The van der Waals surface area contributed by atoms with Crippen molar-refractivity contribution in [1.29, 1.82) is 0 Å². The summed E-state index contributed by atoms with van der Waals surface area (Å²) < 4.78 is 5.37. The number of nitrogens with zero attached hydrogens (tertiary/aromatic N) is 1. The van der Waals surface area contributed by atoms with E-state index in [0.29, 0.717) is 5.92 Å². The summed E-state index contributed by atoms with van der Waals surface area (Å²) in [4.78, 5) is 2.71. The van der Waals surface area contributed by atoms with Gasteiger partial charge in [0.25, 0.3) is 0 Å². The van der Waals surface area contributed by atoms with E-state index < -0.39 is 0 Å². The lowest BCUT2D eigenvalue weighted by Crippen LogP contribution is -2.60. The fourth-order valence-electron chi connectivity index (χ4n) is 4.66. The maximum absolute atomic E-state index is 6.24. The zero-order valence-corrected chi connectivity index (χ0v) is 13.0. The van der Waals surface area contributed by atoms with Gasteiger partial charge in [-0.2, -0.15) is 0 Å². The van der Waals surface area contributed by atoms with Gasteiger partial charge in [-0.15, -0.1) is 0 Å². The van der Waals surface area contributed by atoms with Crippen LogP contribution in [0.3, 0.4) is 0 Å². The summed E-state index contributed by atoms with van der Waals surface area (Å²) in [6.07, 6.45) is 6.56. The molecule has 2 N–H and O–H groups in total. The Bertz CT molecular complexity index is 270. The first-order chi connectivity index (χ1) is 9.09. The van der Waals surface area contributed by atoms with E-state index in [1.54, 1.807) is 0 Å². The minimum absolute atomic E-state index is 0.267. The third-order valence-corrected chi connectivity index (χ3v) is 5.23. The molecular formula is C16H32N2O.